The van der Waals surface area contributed by atoms with E-state index in [2.05, 4.69) is 22.1 Å². The quantitative estimate of drug-likeness (QED) is 0.362. The third-order valence-electron chi connectivity index (χ3n) is 6.93. The van der Waals surface area contributed by atoms with Crippen LogP contribution in [0.15, 0.2) is 27.8 Å². The summed E-state index contributed by atoms with van der Waals surface area (Å²) in [6.45, 7) is 10.7. The third-order valence-corrected chi connectivity index (χ3v) is 7.95. The van der Waals surface area contributed by atoms with Gasteiger partial charge in [-0.2, -0.15) is 4.98 Å². The maximum atomic E-state index is 13.9. The van der Waals surface area contributed by atoms with Crippen molar-refractivity contribution in [2.75, 3.05) is 18.0 Å². The van der Waals surface area contributed by atoms with E-state index in [1.54, 1.807) is 18.5 Å². The first-order valence-electron chi connectivity index (χ1n) is 13.7. The number of hydrogen-bond acceptors (Lipinski definition) is 8. The Morgan fingerprint density at radius 3 is 2.73 bits per heavy atom. The van der Waals surface area contributed by atoms with E-state index in [4.69, 9.17) is 9.72 Å². The van der Waals surface area contributed by atoms with E-state index in [1.807, 2.05) is 50.8 Å². The first-order valence-corrected chi connectivity index (χ1v) is 14.5. The maximum Gasteiger partial charge on any atom is 0.407 e. The average Bonchev–Trinajstić information content (AvgIpc) is 3.48. The summed E-state index contributed by atoms with van der Waals surface area (Å²) in [5.41, 5.74) is 1.06. The lowest BCUT2D eigenvalue weighted by Crippen LogP contribution is -2.49. The second kappa shape index (κ2) is 11.0. The molecule has 4 heterocycles. The van der Waals surface area contributed by atoms with Crippen LogP contribution in [-0.4, -0.2) is 54.5 Å². The topological polar surface area (TPSA) is 116 Å². The Balaban J connectivity index is 1.54. The number of benzene rings is 1. The van der Waals surface area contributed by atoms with Crippen LogP contribution in [0.25, 0.3) is 21.4 Å². The van der Waals surface area contributed by atoms with Crippen LogP contribution in [-0.2, 0) is 24.9 Å². The number of thiazole rings is 1. The Labute approximate surface area is 241 Å². The fourth-order valence-electron chi connectivity index (χ4n) is 5.09. The molecule has 41 heavy (non-hydrogen) atoms. The monoisotopic (exact) mass is 577 g/mol. The molecule has 4 aromatic rings. The van der Waals surface area contributed by atoms with Gasteiger partial charge in [0.25, 0.3) is 5.56 Å². The predicted octanol–water partition coefficient (Wildman–Crippen LogP) is 3.38. The van der Waals surface area contributed by atoms with E-state index in [0.29, 0.717) is 35.2 Å². The molecule has 1 fully saturated rings. The van der Waals surface area contributed by atoms with Crippen LogP contribution in [0.3, 0.4) is 0 Å². The smallest absolute Gasteiger partial charge is 0.407 e. The molecule has 0 spiro atoms. The van der Waals surface area contributed by atoms with Gasteiger partial charge >= 0.3 is 11.8 Å². The number of carbonyl (C=O) groups excluding carboxylic acids is 1. The molecule has 1 atom stereocenters. The Bertz CT molecular complexity index is 1810. The highest BCUT2D eigenvalue weighted by atomic mass is 32.1. The molecule has 0 radical (unpaired) electrons. The lowest BCUT2D eigenvalue weighted by molar-refractivity contribution is 0.0499. The molecule has 5 rings (SSSR count). The van der Waals surface area contributed by atoms with Crippen molar-refractivity contribution in [3.63, 3.8) is 0 Å². The molecule has 0 aliphatic carbocycles. The SMILES string of the molecule is CC#CCn1c(N2CCC[C@@H](NC(=O)OC(C)(C)C)C2)nc2c1c(=O)n(Cc1nc3cc(C)ccc3s1)c(=O)n2C. The van der Waals surface area contributed by atoms with Gasteiger partial charge in [-0.25, -0.2) is 14.6 Å². The minimum absolute atomic E-state index is 0.0609. The van der Waals surface area contributed by atoms with Gasteiger partial charge in [0.2, 0.25) is 5.95 Å². The Kier molecular flexibility index (Phi) is 7.66. The fraction of sp³-hybridized carbons (Fsp3) is 0.483. The number of aryl methyl sites for hydroxylation is 2. The minimum atomic E-state index is -0.597. The van der Waals surface area contributed by atoms with Crippen LogP contribution in [0, 0.1) is 18.8 Å². The summed E-state index contributed by atoms with van der Waals surface area (Å²) >= 11 is 1.47. The van der Waals surface area contributed by atoms with E-state index in [1.165, 1.54) is 20.5 Å². The van der Waals surface area contributed by atoms with Gasteiger partial charge in [0.15, 0.2) is 11.2 Å². The summed E-state index contributed by atoms with van der Waals surface area (Å²) in [5, 5.41) is 3.64. The molecule has 12 heteroatoms. The van der Waals surface area contributed by atoms with Crippen LogP contribution < -0.4 is 21.5 Å². The van der Waals surface area contributed by atoms with Crippen molar-refractivity contribution in [3.8, 4) is 11.8 Å². The average molecular weight is 578 g/mol. The number of piperidine rings is 1. The molecule has 1 aliphatic rings. The number of nitrogens with one attached hydrogen (secondary N) is 1. The highest BCUT2D eigenvalue weighted by Crippen LogP contribution is 2.25. The molecule has 11 nitrogen and oxygen atoms in total. The number of amides is 1. The zero-order chi connectivity index (χ0) is 29.5. The van der Waals surface area contributed by atoms with Crippen LogP contribution in [0.4, 0.5) is 10.7 Å². The van der Waals surface area contributed by atoms with Crippen molar-refractivity contribution >= 4 is 44.8 Å². The first kappa shape index (κ1) is 28.4. The van der Waals surface area contributed by atoms with Gasteiger partial charge in [-0.05, 0) is 65.2 Å². The molecule has 3 aromatic heterocycles. The van der Waals surface area contributed by atoms with Crippen molar-refractivity contribution in [1.82, 2.24) is 29.0 Å². The number of hydrogen-bond donors (Lipinski definition) is 1. The fourth-order valence-corrected chi connectivity index (χ4v) is 6.02. The molecule has 0 unspecified atom stereocenters. The molecular weight excluding hydrogens is 542 g/mol. The second-order valence-electron chi connectivity index (χ2n) is 11.3. The number of fused-ring (bicyclic) bond motifs is 2. The van der Waals surface area contributed by atoms with Crippen LogP contribution in [0.2, 0.25) is 0 Å². The molecular formula is C29H35N7O4S. The number of carbonyl (C=O) groups is 1. The zero-order valence-electron chi connectivity index (χ0n) is 24.3. The molecule has 1 aliphatic heterocycles. The lowest BCUT2D eigenvalue weighted by atomic mass is 10.1. The number of ether oxygens (including phenoxy) is 1. The van der Waals surface area contributed by atoms with Crippen molar-refractivity contribution in [3.05, 3.63) is 49.6 Å². The van der Waals surface area contributed by atoms with Crippen molar-refractivity contribution in [2.45, 2.75) is 72.2 Å². The van der Waals surface area contributed by atoms with Crippen molar-refractivity contribution in [1.29, 1.82) is 0 Å². The Morgan fingerprint density at radius 2 is 2.00 bits per heavy atom. The first-order chi connectivity index (χ1) is 19.4. The van der Waals surface area contributed by atoms with Gasteiger partial charge in [-0.3, -0.25) is 18.5 Å². The minimum Gasteiger partial charge on any atom is -0.444 e. The molecule has 0 bridgehead atoms. The zero-order valence-corrected chi connectivity index (χ0v) is 25.1. The standard InChI is InChI=1S/C29H35N7O4S/c1-7-8-14-35-23-24(32-26(35)34-13-9-10-19(16-34)30-27(38)40-29(3,4)5)33(6)28(39)36(25(23)37)17-22-31-20-15-18(2)11-12-21(20)41-22/h11-12,15,19H,9-10,13-14,16-17H2,1-6H3,(H,30,38)/t19-/m1/s1. The third kappa shape index (κ3) is 5.86. The summed E-state index contributed by atoms with van der Waals surface area (Å²) in [6, 6.07) is 5.86. The van der Waals surface area contributed by atoms with Gasteiger partial charge < -0.3 is 15.0 Å². The van der Waals surface area contributed by atoms with Gasteiger partial charge in [0.05, 0.1) is 23.3 Å². The largest absolute Gasteiger partial charge is 0.444 e. The Hall–Kier alpha value is -4.11. The van der Waals surface area contributed by atoms with Crippen molar-refractivity contribution in [2.24, 2.45) is 7.05 Å². The highest BCUT2D eigenvalue weighted by Gasteiger charge is 2.29. The van der Waals surface area contributed by atoms with E-state index < -0.39 is 22.9 Å². The number of imidazole rings is 1. The van der Waals surface area contributed by atoms with E-state index in [-0.39, 0.29) is 19.1 Å². The van der Waals surface area contributed by atoms with Crippen LogP contribution >= 0.6 is 11.3 Å². The van der Waals surface area contributed by atoms with Gasteiger partial charge in [0, 0.05) is 26.2 Å². The predicted molar refractivity (Wildman–Crippen MR) is 161 cm³/mol. The molecule has 1 aromatic carbocycles. The van der Waals surface area contributed by atoms with E-state index >= 15 is 0 Å². The molecule has 1 amide bonds. The molecule has 1 saturated heterocycles. The van der Waals surface area contributed by atoms with E-state index in [0.717, 1.165) is 28.6 Å². The number of alkyl carbamates (subject to hydrolysis) is 1. The van der Waals surface area contributed by atoms with Crippen molar-refractivity contribution < 1.29 is 9.53 Å². The maximum absolute atomic E-state index is 13.9. The number of rotatable bonds is 5. The number of nitrogens with zero attached hydrogens (tertiary/aromatic N) is 6. The summed E-state index contributed by atoms with van der Waals surface area (Å²) < 4.78 is 10.9. The lowest BCUT2D eigenvalue weighted by Gasteiger charge is -2.34. The highest BCUT2D eigenvalue weighted by molar-refractivity contribution is 7.18. The van der Waals surface area contributed by atoms with Crippen LogP contribution in [0.5, 0.6) is 0 Å². The Morgan fingerprint density at radius 1 is 1.22 bits per heavy atom. The van der Waals surface area contributed by atoms with Gasteiger partial charge in [-0.1, -0.05) is 12.0 Å². The van der Waals surface area contributed by atoms with E-state index in [9.17, 15) is 14.4 Å². The normalized spacial score (nSPS) is 15.7. The van der Waals surface area contributed by atoms with Crippen LogP contribution in [0.1, 0.15) is 51.1 Å². The summed E-state index contributed by atoms with van der Waals surface area (Å²) in [5.74, 6) is 6.50. The molecule has 0 saturated carbocycles. The van der Waals surface area contributed by atoms with Gasteiger partial charge in [-0.15, -0.1) is 17.3 Å². The summed E-state index contributed by atoms with van der Waals surface area (Å²) in [4.78, 5) is 51.3. The summed E-state index contributed by atoms with van der Waals surface area (Å²) in [7, 11) is 1.62. The summed E-state index contributed by atoms with van der Waals surface area (Å²) in [6.07, 6.45) is 1.13. The second-order valence-corrected chi connectivity index (χ2v) is 12.5. The number of anilines is 1. The number of aromatic nitrogens is 5. The molecule has 1 N–H and O–H groups in total. The molecule has 216 valence electrons. The van der Waals surface area contributed by atoms with Gasteiger partial charge in [0.1, 0.15) is 10.6 Å².